The summed E-state index contributed by atoms with van der Waals surface area (Å²) in [6.07, 6.45) is 0. The number of carbonyl (C=O) groups excluding carboxylic acids is 1. The fraction of sp³-hybridized carbons (Fsp3) is 0.500. The minimum atomic E-state index is 0. The van der Waals surface area contributed by atoms with Crippen molar-refractivity contribution in [1.29, 1.82) is 0 Å². The van der Waals surface area contributed by atoms with Crippen LogP contribution in [-0.2, 0) is 31.2 Å². The molecule has 0 aliphatic heterocycles. The van der Waals surface area contributed by atoms with E-state index in [1.807, 2.05) is 0 Å². The van der Waals surface area contributed by atoms with Crippen LogP contribution in [0.2, 0.25) is 0 Å². The van der Waals surface area contributed by atoms with Crippen LogP contribution < -0.4 is 0 Å². The van der Waals surface area contributed by atoms with Crippen molar-refractivity contribution in [2.24, 2.45) is 0 Å². The van der Waals surface area contributed by atoms with Gasteiger partial charge in [-0.3, -0.25) is 0 Å². The molecule has 27 valence electrons. The van der Waals surface area contributed by atoms with Gasteiger partial charge in [0, 0.05) is 21.7 Å². The molecule has 0 heterocycles. The number of rotatable bonds is 1. The van der Waals surface area contributed by atoms with Crippen LogP contribution in [0, 0.1) is 0 Å². The molecule has 0 aromatic rings. The maximum Gasteiger partial charge on any atom is 0.417 e. The van der Waals surface area contributed by atoms with Gasteiger partial charge in [0.25, 0.3) is 0 Å². The molecule has 1 radical (unpaired) electrons. The maximum atomic E-state index is 8.83. The Hall–Kier alpha value is 0.184. The van der Waals surface area contributed by atoms with Gasteiger partial charge in [0.1, 0.15) is 0 Å². The molecule has 0 saturated carbocycles. The van der Waals surface area contributed by atoms with E-state index < -0.39 is 0 Å². The molecular formula is C2H3O2Ti. The van der Waals surface area contributed by atoms with E-state index in [1.165, 1.54) is 13.6 Å². The first kappa shape index (κ1) is 8.95. The predicted molar refractivity (Wildman–Crippen MR) is 12.7 cm³/mol. The Bertz CT molecular complexity index is 21.6. The second-order valence-corrected chi connectivity index (χ2v) is 0.287. The number of methoxy groups -OCH3 is 1. The second kappa shape index (κ2) is 8.89. The van der Waals surface area contributed by atoms with E-state index >= 15 is 0 Å². The van der Waals surface area contributed by atoms with Crippen LogP contribution in [0.25, 0.3) is 0 Å². The molecule has 0 amide bonds. The zero-order valence-electron chi connectivity index (χ0n) is 2.82. The molecule has 0 spiro atoms. The van der Waals surface area contributed by atoms with Gasteiger partial charge in [-0.05, 0) is 0 Å². The largest absolute Gasteiger partial charge is 0.461 e. The average molecular weight is 107 g/mol. The van der Waals surface area contributed by atoms with E-state index in [0.717, 1.165) is 0 Å². The Morgan fingerprint density at radius 1 is 1.80 bits per heavy atom. The summed E-state index contributed by atoms with van der Waals surface area (Å²) in [7, 11) is 1.26. The molecule has 0 N–H and O–H groups in total. The molecule has 2 nitrogen and oxygen atoms in total. The molecule has 5 heavy (non-hydrogen) atoms. The van der Waals surface area contributed by atoms with Crippen molar-refractivity contribution in [2.75, 3.05) is 7.11 Å². The number of hydrogen-bond donors (Lipinski definition) is 0. The molecule has 0 aromatic carbocycles. The third-order valence-electron chi connectivity index (χ3n) is 0.0833. The summed E-state index contributed by atoms with van der Waals surface area (Å²) in [6.45, 7) is 1.18. The van der Waals surface area contributed by atoms with Crippen molar-refractivity contribution < 1.29 is 31.2 Å². The smallest absolute Gasteiger partial charge is 0.417 e. The van der Waals surface area contributed by atoms with Gasteiger partial charge in [-0.15, -0.1) is 0 Å². The van der Waals surface area contributed by atoms with Crippen molar-refractivity contribution in [1.82, 2.24) is 0 Å². The van der Waals surface area contributed by atoms with Crippen molar-refractivity contribution in [2.45, 2.75) is 0 Å². The molecule has 0 bridgehead atoms. The summed E-state index contributed by atoms with van der Waals surface area (Å²) >= 11 is 0. The van der Waals surface area contributed by atoms with Crippen LogP contribution in [0.1, 0.15) is 0 Å². The van der Waals surface area contributed by atoms with Crippen molar-refractivity contribution in [3.63, 3.8) is 0 Å². The minimum absolute atomic E-state index is 0. The van der Waals surface area contributed by atoms with Gasteiger partial charge in [0.05, 0.1) is 7.11 Å². The Morgan fingerprint density at radius 3 is 2.00 bits per heavy atom. The molecule has 0 fully saturated rings. The van der Waals surface area contributed by atoms with E-state index in [2.05, 4.69) is 4.74 Å². The van der Waals surface area contributed by atoms with E-state index in [4.69, 9.17) is 4.79 Å². The van der Waals surface area contributed by atoms with Gasteiger partial charge in [0.15, 0.2) is 0 Å². The van der Waals surface area contributed by atoms with E-state index in [-0.39, 0.29) is 21.7 Å². The summed E-state index contributed by atoms with van der Waals surface area (Å²) in [6, 6.07) is 0. The first-order valence-corrected chi connectivity index (χ1v) is 0.816. The number of hydrogen-bond acceptors (Lipinski definition) is 2. The van der Waals surface area contributed by atoms with Gasteiger partial charge in [-0.25, -0.2) is 4.79 Å². The van der Waals surface area contributed by atoms with Crippen molar-refractivity contribution in [3.05, 3.63) is 0 Å². The Kier molecular flexibility index (Phi) is 15.9. The summed E-state index contributed by atoms with van der Waals surface area (Å²) in [5.74, 6) is 0. The second-order valence-electron chi connectivity index (χ2n) is 0.287. The van der Waals surface area contributed by atoms with Crippen LogP contribution in [0.3, 0.4) is 0 Å². The summed E-state index contributed by atoms with van der Waals surface area (Å²) < 4.78 is 3.74. The van der Waals surface area contributed by atoms with Gasteiger partial charge >= 0.3 is 6.47 Å². The maximum absolute atomic E-state index is 8.83. The van der Waals surface area contributed by atoms with Crippen LogP contribution in [0.15, 0.2) is 0 Å². The molecule has 3 heteroatoms. The molecular weight excluding hydrogens is 104 g/mol. The zero-order chi connectivity index (χ0) is 3.41. The summed E-state index contributed by atoms with van der Waals surface area (Å²) in [4.78, 5) is 8.83. The fourth-order valence-corrected chi connectivity index (χ4v) is 0. The third kappa shape index (κ3) is 14.2. The van der Waals surface area contributed by atoms with E-state index in [1.54, 1.807) is 0 Å². The van der Waals surface area contributed by atoms with Gasteiger partial charge in [-0.1, -0.05) is 0 Å². The Morgan fingerprint density at radius 2 is 2.00 bits per heavy atom. The molecule has 0 aliphatic rings. The average Bonchev–Trinajstić information content (AvgIpc) is 1.37. The van der Waals surface area contributed by atoms with Crippen LogP contribution in [0.5, 0.6) is 0 Å². The first-order chi connectivity index (χ1) is 1.91. The number of ether oxygens (including phenoxy) is 1. The van der Waals surface area contributed by atoms with Crippen LogP contribution >= 0.6 is 0 Å². The minimum Gasteiger partial charge on any atom is -0.461 e. The molecule has 0 aromatic heterocycles. The molecule has 0 aliphatic carbocycles. The SMILES string of the molecule is CO[C]=O.[Ti]. The molecule has 0 rings (SSSR count). The van der Waals surface area contributed by atoms with E-state index in [0.29, 0.717) is 0 Å². The van der Waals surface area contributed by atoms with E-state index in [9.17, 15) is 0 Å². The first-order valence-electron chi connectivity index (χ1n) is 0.816. The summed E-state index contributed by atoms with van der Waals surface area (Å²) in [5.41, 5.74) is 0. The monoisotopic (exact) mass is 107 g/mol. The Labute approximate surface area is 45.4 Å². The van der Waals surface area contributed by atoms with Crippen LogP contribution in [-0.4, -0.2) is 13.6 Å². The molecule has 0 atom stereocenters. The zero-order valence-corrected chi connectivity index (χ0v) is 4.38. The van der Waals surface area contributed by atoms with Crippen molar-refractivity contribution >= 4 is 6.47 Å². The predicted octanol–water partition coefficient (Wildman–Crippen LogP) is -0.302. The summed E-state index contributed by atoms with van der Waals surface area (Å²) in [5, 5.41) is 0. The van der Waals surface area contributed by atoms with Gasteiger partial charge < -0.3 is 4.74 Å². The quantitative estimate of drug-likeness (QED) is 0.430. The standard InChI is InChI=1S/C2H3O2.Ti/c1-4-2-3;/h1H3;. The normalized spacial score (nSPS) is 4.20. The van der Waals surface area contributed by atoms with Gasteiger partial charge in [0.2, 0.25) is 0 Å². The fourth-order valence-electron chi connectivity index (χ4n) is 0. The topological polar surface area (TPSA) is 26.3 Å². The molecule has 0 unspecified atom stereocenters. The van der Waals surface area contributed by atoms with Crippen LogP contribution in [0.4, 0.5) is 0 Å². The van der Waals surface area contributed by atoms with Gasteiger partial charge in [-0.2, -0.15) is 0 Å². The van der Waals surface area contributed by atoms with Crippen molar-refractivity contribution in [3.8, 4) is 0 Å². The Balaban J connectivity index is 0. The third-order valence-corrected chi connectivity index (χ3v) is 0.0833. The molecule has 0 saturated heterocycles.